The minimum Gasteiger partial charge on any atom is -0.386 e. The number of halogens is 3. The summed E-state index contributed by atoms with van der Waals surface area (Å²) in [6.07, 6.45) is -4.41. The second-order valence-electron chi connectivity index (χ2n) is 2.72. The predicted octanol–water partition coefficient (Wildman–Crippen LogP) is 2.05. The van der Waals surface area contributed by atoms with Gasteiger partial charge in [0.05, 0.1) is 5.92 Å². The van der Waals surface area contributed by atoms with E-state index in [4.69, 9.17) is 0 Å². The maximum atomic E-state index is 11.7. The van der Waals surface area contributed by atoms with E-state index in [1.807, 2.05) is 0 Å². The second kappa shape index (κ2) is 4.97. The molecule has 0 bridgehead atoms. The van der Waals surface area contributed by atoms with Gasteiger partial charge in [0.2, 0.25) is 0 Å². The molecule has 0 aliphatic rings. The third-order valence-corrected chi connectivity index (χ3v) is 1.74. The van der Waals surface area contributed by atoms with Crippen molar-refractivity contribution in [1.82, 2.24) is 0 Å². The SMILES string of the molecule is CCC(CC)C(=O)OC(=O)C(F)(F)F. The summed E-state index contributed by atoms with van der Waals surface area (Å²) in [6.45, 7) is 3.26. The van der Waals surface area contributed by atoms with E-state index in [1.54, 1.807) is 13.8 Å². The summed E-state index contributed by atoms with van der Waals surface area (Å²) in [4.78, 5) is 21.2. The van der Waals surface area contributed by atoms with Gasteiger partial charge in [-0.1, -0.05) is 13.8 Å². The zero-order valence-electron chi connectivity index (χ0n) is 7.85. The van der Waals surface area contributed by atoms with Gasteiger partial charge in [-0.3, -0.25) is 4.79 Å². The molecule has 0 unspecified atom stereocenters. The van der Waals surface area contributed by atoms with Crippen molar-refractivity contribution in [1.29, 1.82) is 0 Å². The highest BCUT2D eigenvalue weighted by Gasteiger charge is 2.43. The first-order valence-corrected chi connectivity index (χ1v) is 4.15. The third-order valence-electron chi connectivity index (χ3n) is 1.74. The van der Waals surface area contributed by atoms with Crippen molar-refractivity contribution in [2.75, 3.05) is 0 Å². The third kappa shape index (κ3) is 3.76. The molecule has 82 valence electrons. The smallest absolute Gasteiger partial charge is 0.386 e. The molecule has 0 atom stereocenters. The first-order chi connectivity index (χ1) is 6.32. The predicted molar refractivity (Wildman–Crippen MR) is 41.2 cm³/mol. The average molecular weight is 212 g/mol. The van der Waals surface area contributed by atoms with Crippen molar-refractivity contribution in [2.45, 2.75) is 32.9 Å². The van der Waals surface area contributed by atoms with Crippen LogP contribution in [0.2, 0.25) is 0 Å². The molecule has 0 aromatic heterocycles. The Hall–Kier alpha value is -1.07. The van der Waals surface area contributed by atoms with Crippen molar-refractivity contribution in [3.8, 4) is 0 Å². The number of alkyl halides is 3. The summed E-state index contributed by atoms with van der Waals surface area (Å²) >= 11 is 0. The summed E-state index contributed by atoms with van der Waals surface area (Å²) < 4.78 is 38.6. The molecule has 0 aliphatic carbocycles. The quantitative estimate of drug-likeness (QED) is 0.531. The van der Waals surface area contributed by atoms with Gasteiger partial charge < -0.3 is 4.74 Å². The van der Waals surface area contributed by atoms with E-state index >= 15 is 0 Å². The van der Waals surface area contributed by atoms with Gasteiger partial charge >= 0.3 is 18.1 Å². The first-order valence-electron chi connectivity index (χ1n) is 4.15. The van der Waals surface area contributed by atoms with Crippen LogP contribution >= 0.6 is 0 Å². The van der Waals surface area contributed by atoms with Gasteiger partial charge in [-0.15, -0.1) is 0 Å². The summed E-state index contributed by atoms with van der Waals surface area (Å²) in [7, 11) is 0. The number of carbonyl (C=O) groups excluding carboxylic acids is 2. The highest BCUT2D eigenvalue weighted by molar-refractivity contribution is 5.89. The summed E-state index contributed by atoms with van der Waals surface area (Å²) in [5.41, 5.74) is 0. The van der Waals surface area contributed by atoms with E-state index in [1.165, 1.54) is 0 Å². The zero-order chi connectivity index (χ0) is 11.4. The Labute approximate surface area is 79.2 Å². The van der Waals surface area contributed by atoms with Crippen molar-refractivity contribution in [2.24, 2.45) is 5.92 Å². The molecule has 3 nitrogen and oxygen atoms in total. The van der Waals surface area contributed by atoms with Gasteiger partial charge in [0.25, 0.3) is 0 Å². The maximum Gasteiger partial charge on any atom is 0.491 e. The number of rotatable bonds is 3. The zero-order valence-corrected chi connectivity index (χ0v) is 7.85. The van der Waals surface area contributed by atoms with E-state index in [9.17, 15) is 22.8 Å². The molecule has 0 saturated heterocycles. The van der Waals surface area contributed by atoms with E-state index in [0.29, 0.717) is 12.8 Å². The lowest BCUT2D eigenvalue weighted by Crippen LogP contribution is -2.30. The Morgan fingerprint density at radius 2 is 1.64 bits per heavy atom. The molecule has 0 amide bonds. The summed E-state index contributed by atoms with van der Waals surface area (Å²) in [6, 6.07) is 0. The van der Waals surface area contributed by atoms with E-state index < -0.39 is 24.0 Å². The van der Waals surface area contributed by atoms with Crippen LogP contribution in [0.1, 0.15) is 26.7 Å². The van der Waals surface area contributed by atoms with Crippen molar-refractivity contribution in [3.63, 3.8) is 0 Å². The highest BCUT2D eigenvalue weighted by atomic mass is 19.4. The van der Waals surface area contributed by atoms with Crippen LogP contribution in [0.15, 0.2) is 0 Å². The number of esters is 2. The van der Waals surface area contributed by atoms with Crippen molar-refractivity contribution >= 4 is 11.9 Å². The van der Waals surface area contributed by atoms with Crippen LogP contribution in [0.25, 0.3) is 0 Å². The molecule has 0 heterocycles. The Morgan fingerprint density at radius 1 is 1.21 bits per heavy atom. The molecule has 0 spiro atoms. The van der Waals surface area contributed by atoms with Gasteiger partial charge in [-0.2, -0.15) is 13.2 Å². The second-order valence-corrected chi connectivity index (χ2v) is 2.72. The number of hydrogen-bond acceptors (Lipinski definition) is 3. The molecule has 0 rings (SSSR count). The molecule has 0 radical (unpaired) electrons. The Bertz CT molecular complexity index is 218. The van der Waals surface area contributed by atoms with Crippen LogP contribution in [0.5, 0.6) is 0 Å². The maximum absolute atomic E-state index is 11.7. The van der Waals surface area contributed by atoms with Crippen LogP contribution in [-0.2, 0) is 14.3 Å². The van der Waals surface area contributed by atoms with Gasteiger partial charge in [-0.25, -0.2) is 4.79 Å². The largest absolute Gasteiger partial charge is 0.491 e. The number of ether oxygens (including phenoxy) is 1. The minimum absolute atomic E-state index is 0.348. The Morgan fingerprint density at radius 3 is 1.93 bits per heavy atom. The summed E-state index contributed by atoms with van der Waals surface area (Å²) in [5, 5.41) is 0. The van der Waals surface area contributed by atoms with Gasteiger partial charge in [0.1, 0.15) is 0 Å². The van der Waals surface area contributed by atoms with Crippen LogP contribution in [-0.4, -0.2) is 18.1 Å². The molecule has 0 fully saturated rings. The molecule has 0 aromatic carbocycles. The fourth-order valence-corrected chi connectivity index (χ4v) is 0.855. The van der Waals surface area contributed by atoms with Crippen LogP contribution in [0.3, 0.4) is 0 Å². The van der Waals surface area contributed by atoms with E-state index in [2.05, 4.69) is 4.74 Å². The average Bonchev–Trinajstić information content (AvgIpc) is 2.04. The van der Waals surface area contributed by atoms with Crippen molar-refractivity contribution < 1.29 is 27.5 Å². The Balaban J connectivity index is 4.26. The lowest BCUT2D eigenvalue weighted by Gasteiger charge is -2.11. The molecule has 0 aromatic rings. The fraction of sp³-hybridized carbons (Fsp3) is 0.750. The molecule has 0 saturated carbocycles. The standard InChI is InChI=1S/C8H11F3O3/c1-3-5(4-2)6(12)14-7(13)8(9,10)11/h5H,3-4H2,1-2H3. The monoisotopic (exact) mass is 212 g/mol. The van der Waals surface area contributed by atoms with Gasteiger partial charge in [0.15, 0.2) is 0 Å². The molecular weight excluding hydrogens is 201 g/mol. The molecular formula is C8H11F3O3. The lowest BCUT2D eigenvalue weighted by molar-refractivity contribution is -0.203. The van der Waals surface area contributed by atoms with Gasteiger partial charge in [0, 0.05) is 0 Å². The van der Waals surface area contributed by atoms with E-state index in [0.717, 1.165) is 0 Å². The fourth-order valence-electron chi connectivity index (χ4n) is 0.855. The molecule has 6 heteroatoms. The molecule has 14 heavy (non-hydrogen) atoms. The normalized spacial score (nSPS) is 11.6. The topological polar surface area (TPSA) is 43.4 Å². The van der Waals surface area contributed by atoms with E-state index in [-0.39, 0.29) is 0 Å². The van der Waals surface area contributed by atoms with Crippen LogP contribution in [0, 0.1) is 5.92 Å². The van der Waals surface area contributed by atoms with Crippen LogP contribution in [0.4, 0.5) is 13.2 Å². The Kier molecular flexibility index (Phi) is 4.59. The van der Waals surface area contributed by atoms with Crippen molar-refractivity contribution in [3.05, 3.63) is 0 Å². The number of hydrogen-bond donors (Lipinski definition) is 0. The minimum atomic E-state index is -5.11. The highest BCUT2D eigenvalue weighted by Crippen LogP contribution is 2.18. The van der Waals surface area contributed by atoms with Crippen LogP contribution < -0.4 is 0 Å². The lowest BCUT2D eigenvalue weighted by atomic mass is 10.0. The molecule has 0 N–H and O–H groups in total. The summed E-state index contributed by atoms with van der Waals surface area (Å²) in [5.74, 6) is -4.21. The molecule has 0 aliphatic heterocycles. The first kappa shape index (κ1) is 12.9. The van der Waals surface area contributed by atoms with Gasteiger partial charge in [-0.05, 0) is 12.8 Å². The number of carbonyl (C=O) groups is 2.